The van der Waals surface area contributed by atoms with Crippen molar-refractivity contribution in [1.29, 1.82) is 0 Å². The van der Waals surface area contributed by atoms with Gasteiger partial charge in [-0.1, -0.05) is 36.4 Å². The van der Waals surface area contributed by atoms with Crippen LogP contribution in [0.25, 0.3) is 0 Å². The van der Waals surface area contributed by atoms with Crippen LogP contribution in [-0.2, 0) is 24.3 Å². The molecular weight excluding hydrogens is 348 g/mol. The molecule has 134 valence electrons. The number of carbonyl (C=O) groups excluding carboxylic acids is 1. The zero-order valence-electron chi connectivity index (χ0n) is 14.5. The van der Waals surface area contributed by atoms with E-state index in [2.05, 4.69) is 41.5 Å². The molecule has 0 spiro atoms. The SMILES string of the molecule is CCc1ccc(Cn2cc(C3SCC(=O)N3Cc3ccco3)nn2)cc1. The minimum Gasteiger partial charge on any atom is -0.467 e. The number of rotatable bonds is 6. The highest BCUT2D eigenvalue weighted by atomic mass is 32.2. The van der Waals surface area contributed by atoms with Crippen molar-refractivity contribution in [2.24, 2.45) is 0 Å². The van der Waals surface area contributed by atoms with Crippen molar-refractivity contribution >= 4 is 17.7 Å². The lowest BCUT2D eigenvalue weighted by Crippen LogP contribution is -2.27. The predicted molar refractivity (Wildman–Crippen MR) is 99.4 cm³/mol. The highest BCUT2D eigenvalue weighted by Crippen LogP contribution is 2.38. The number of aryl methyl sites for hydroxylation is 1. The van der Waals surface area contributed by atoms with Gasteiger partial charge in [0.25, 0.3) is 0 Å². The Balaban J connectivity index is 1.48. The summed E-state index contributed by atoms with van der Waals surface area (Å²) in [5.41, 5.74) is 3.31. The predicted octanol–water partition coefficient (Wildman–Crippen LogP) is 3.26. The van der Waals surface area contributed by atoms with Crippen molar-refractivity contribution in [2.75, 3.05) is 5.75 Å². The molecule has 1 amide bonds. The van der Waals surface area contributed by atoms with Crippen LogP contribution < -0.4 is 0 Å². The van der Waals surface area contributed by atoms with Crippen LogP contribution in [0.5, 0.6) is 0 Å². The van der Waals surface area contributed by atoms with Crippen LogP contribution in [0, 0.1) is 0 Å². The quantitative estimate of drug-likeness (QED) is 0.668. The average Bonchev–Trinajstić information content (AvgIpc) is 3.39. The third-order valence-corrected chi connectivity index (χ3v) is 5.68. The fourth-order valence-corrected chi connectivity index (χ4v) is 4.13. The molecule has 7 heteroatoms. The molecular formula is C19H20N4O2S. The Labute approximate surface area is 156 Å². The maximum Gasteiger partial charge on any atom is 0.234 e. The number of hydrogen-bond acceptors (Lipinski definition) is 5. The first-order valence-electron chi connectivity index (χ1n) is 8.64. The second-order valence-corrected chi connectivity index (χ2v) is 7.34. The zero-order valence-corrected chi connectivity index (χ0v) is 15.4. The zero-order chi connectivity index (χ0) is 17.9. The van der Waals surface area contributed by atoms with Gasteiger partial charge in [0.1, 0.15) is 16.8 Å². The topological polar surface area (TPSA) is 64.2 Å². The van der Waals surface area contributed by atoms with Crippen molar-refractivity contribution in [1.82, 2.24) is 19.9 Å². The van der Waals surface area contributed by atoms with Crippen molar-refractivity contribution in [2.45, 2.75) is 31.8 Å². The van der Waals surface area contributed by atoms with E-state index in [0.717, 1.165) is 17.9 Å². The van der Waals surface area contributed by atoms with Gasteiger partial charge in [0.05, 0.1) is 31.3 Å². The first-order valence-corrected chi connectivity index (χ1v) is 9.69. The molecule has 1 fully saturated rings. The summed E-state index contributed by atoms with van der Waals surface area (Å²) in [6.45, 7) is 3.27. The molecule has 1 atom stereocenters. The summed E-state index contributed by atoms with van der Waals surface area (Å²) in [5.74, 6) is 1.33. The van der Waals surface area contributed by atoms with E-state index in [-0.39, 0.29) is 11.3 Å². The average molecular weight is 368 g/mol. The summed E-state index contributed by atoms with van der Waals surface area (Å²) in [7, 11) is 0. The maximum atomic E-state index is 12.3. The van der Waals surface area contributed by atoms with E-state index in [9.17, 15) is 4.79 Å². The minimum atomic E-state index is -0.121. The van der Waals surface area contributed by atoms with Gasteiger partial charge in [0.15, 0.2) is 0 Å². The molecule has 4 rings (SSSR count). The van der Waals surface area contributed by atoms with Crippen LogP contribution in [-0.4, -0.2) is 31.6 Å². The van der Waals surface area contributed by atoms with Gasteiger partial charge in [-0.3, -0.25) is 4.79 Å². The Hall–Kier alpha value is -2.54. The molecule has 0 N–H and O–H groups in total. The van der Waals surface area contributed by atoms with Crippen LogP contribution in [0.1, 0.15) is 34.9 Å². The van der Waals surface area contributed by atoms with Crippen LogP contribution in [0.4, 0.5) is 0 Å². The Kier molecular flexibility index (Phi) is 4.79. The van der Waals surface area contributed by atoms with Crippen LogP contribution in [0.2, 0.25) is 0 Å². The van der Waals surface area contributed by atoms with E-state index < -0.39 is 0 Å². The van der Waals surface area contributed by atoms with Gasteiger partial charge in [0, 0.05) is 0 Å². The molecule has 2 aromatic heterocycles. The summed E-state index contributed by atoms with van der Waals surface area (Å²) >= 11 is 1.58. The lowest BCUT2D eigenvalue weighted by atomic mass is 10.1. The fourth-order valence-electron chi connectivity index (χ4n) is 3.01. The van der Waals surface area contributed by atoms with Gasteiger partial charge in [-0.2, -0.15) is 0 Å². The molecule has 1 aliphatic heterocycles. The number of thioether (sulfide) groups is 1. The Morgan fingerprint density at radius 2 is 2.00 bits per heavy atom. The summed E-state index contributed by atoms with van der Waals surface area (Å²) in [4.78, 5) is 14.1. The van der Waals surface area contributed by atoms with Gasteiger partial charge in [-0.05, 0) is 29.7 Å². The van der Waals surface area contributed by atoms with Gasteiger partial charge < -0.3 is 9.32 Å². The van der Waals surface area contributed by atoms with Crippen LogP contribution in [0.15, 0.2) is 53.3 Å². The van der Waals surface area contributed by atoms with E-state index in [1.807, 2.05) is 23.0 Å². The number of aromatic nitrogens is 3. The van der Waals surface area contributed by atoms with Gasteiger partial charge in [-0.25, -0.2) is 4.68 Å². The molecule has 1 aromatic carbocycles. The second-order valence-electron chi connectivity index (χ2n) is 6.28. The Morgan fingerprint density at radius 3 is 2.73 bits per heavy atom. The Morgan fingerprint density at radius 1 is 1.19 bits per heavy atom. The Bertz CT molecular complexity index is 873. The van der Waals surface area contributed by atoms with E-state index in [4.69, 9.17) is 4.42 Å². The van der Waals surface area contributed by atoms with Crippen molar-refractivity contribution < 1.29 is 9.21 Å². The molecule has 0 saturated carbocycles. The molecule has 0 bridgehead atoms. The number of amides is 1. The summed E-state index contributed by atoms with van der Waals surface area (Å²) < 4.78 is 7.21. The lowest BCUT2D eigenvalue weighted by molar-refractivity contribution is -0.128. The molecule has 1 unspecified atom stereocenters. The molecule has 1 saturated heterocycles. The van der Waals surface area contributed by atoms with E-state index in [1.54, 1.807) is 22.9 Å². The van der Waals surface area contributed by atoms with Gasteiger partial charge in [0.2, 0.25) is 5.91 Å². The maximum absolute atomic E-state index is 12.3. The number of furan rings is 1. The molecule has 26 heavy (non-hydrogen) atoms. The van der Waals surface area contributed by atoms with Crippen molar-refractivity contribution in [3.63, 3.8) is 0 Å². The van der Waals surface area contributed by atoms with E-state index >= 15 is 0 Å². The first-order chi connectivity index (χ1) is 12.7. The summed E-state index contributed by atoms with van der Waals surface area (Å²) in [5, 5.41) is 8.44. The third kappa shape index (κ3) is 3.53. The monoisotopic (exact) mass is 368 g/mol. The van der Waals surface area contributed by atoms with Crippen molar-refractivity contribution in [3.05, 3.63) is 71.4 Å². The standard InChI is InChI=1S/C19H20N4O2S/c1-2-14-5-7-15(8-6-14)10-22-12-17(20-21-22)19-23(18(24)13-26-19)11-16-4-3-9-25-16/h3-9,12,19H,2,10-11,13H2,1H3. The lowest BCUT2D eigenvalue weighted by Gasteiger charge is -2.20. The number of benzene rings is 1. The summed E-state index contributed by atoms with van der Waals surface area (Å²) in [6, 6.07) is 12.2. The van der Waals surface area contributed by atoms with Crippen LogP contribution >= 0.6 is 11.8 Å². The van der Waals surface area contributed by atoms with Crippen molar-refractivity contribution in [3.8, 4) is 0 Å². The molecule has 6 nitrogen and oxygen atoms in total. The number of nitrogens with zero attached hydrogens (tertiary/aromatic N) is 4. The molecule has 3 heterocycles. The summed E-state index contributed by atoms with van der Waals surface area (Å²) in [6.07, 6.45) is 4.59. The largest absolute Gasteiger partial charge is 0.467 e. The molecule has 0 radical (unpaired) electrons. The number of carbonyl (C=O) groups is 1. The molecule has 1 aliphatic rings. The van der Waals surface area contributed by atoms with Gasteiger partial charge in [-0.15, -0.1) is 16.9 Å². The van der Waals surface area contributed by atoms with E-state index in [0.29, 0.717) is 18.8 Å². The van der Waals surface area contributed by atoms with Gasteiger partial charge >= 0.3 is 0 Å². The van der Waals surface area contributed by atoms with Crippen LogP contribution in [0.3, 0.4) is 0 Å². The fraction of sp³-hybridized carbons (Fsp3) is 0.316. The molecule has 0 aliphatic carbocycles. The molecule has 3 aromatic rings. The normalized spacial score (nSPS) is 17.2. The number of hydrogen-bond donors (Lipinski definition) is 0. The minimum absolute atomic E-state index is 0.0982. The highest BCUT2D eigenvalue weighted by Gasteiger charge is 2.35. The van der Waals surface area contributed by atoms with E-state index in [1.165, 1.54) is 11.1 Å². The second kappa shape index (κ2) is 7.37. The highest BCUT2D eigenvalue weighted by molar-refractivity contribution is 8.00. The third-order valence-electron chi connectivity index (χ3n) is 4.46. The first kappa shape index (κ1) is 16.9. The smallest absolute Gasteiger partial charge is 0.234 e.